The summed E-state index contributed by atoms with van der Waals surface area (Å²) in [7, 11) is 0. The zero-order chi connectivity index (χ0) is 20.3. The van der Waals surface area contributed by atoms with E-state index < -0.39 is 23.7 Å². The quantitative estimate of drug-likeness (QED) is 0.834. The third-order valence-corrected chi connectivity index (χ3v) is 4.94. The number of fused-ring (bicyclic) bond motifs is 1. The van der Waals surface area contributed by atoms with E-state index >= 15 is 0 Å². The molecule has 1 amide bonds. The van der Waals surface area contributed by atoms with Crippen molar-refractivity contribution in [3.05, 3.63) is 48.0 Å². The number of piperidine rings is 1. The van der Waals surface area contributed by atoms with Crippen LogP contribution in [0.3, 0.4) is 0 Å². The molecule has 2 N–H and O–H groups in total. The lowest BCUT2D eigenvalue weighted by atomic mass is 9.97. The molecule has 28 heavy (non-hydrogen) atoms. The van der Waals surface area contributed by atoms with Crippen molar-refractivity contribution in [3.8, 4) is 0 Å². The van der Waals surface area contributed by atoms with E-state index in [4.69, 9.17) is 4.74 Å². The molecule has 3 rings (SSSR count). The first-order valence-corrected chi connectivity index (χ1v) is 9.68. The third-order valence-electron chi connectivity index (χ3n) is 4.94. The van der Waals surface area contributed by atoms with Crippen molar-refractivity contribution in [2.75, 3.05) is 13.1 Å². The van der Waals surface area contributed by atoms with Gasteiger partial charge >= 0.3 is 12.1 Å². The molecular formula is C22H28N2O4. The fourth-order valence-electron chi connectivity index (χ4n) is 3.66. The predicted molar refractivity (Wildman–Crippen MR) is 108 cm³/mol. The van der Waals surface area contributed by atoms with Crippen LogP contribution >= 0.6 is 0 Å². The van der Waals surface area contributed by atoms with Crippen LogP contribution < -0.4 is 5.32 Å². The summed E-state index contributed by atoms with van der Waals surface area (Å²) in [5, 5.41) is 14.9. The second-order valence-corrected chi connectivity index (χ2v) is 8.30. The number of rotatable bonds is 4. The summed E-state index contributed by atoms with van der Waals surface area (Å²) in [4.78, 5) is 25.9. The maximum atomic E-state index is 12.0. The average molecular weight is 384 g/mol. The Morgan fingerprint density at radius 1 is 1.11 bits per heavy atom. The van der Waals surface area contributed by atoms with Gasteiger partial charge in [0.15, 0.2) is 0 Å². The monoisotopic (exact) mass is 384 g/mol. The van der Waals surface area contributed by atoms with Crippen molar-refractivity contribution >= 4 is 22.8 Å². The molecule has 1 fully saturated rings. The molecule has 0 aromatic heterocycles. The molecular weight excluding hydrogens is 356 g/mol. The summed E-state index contributed by atoms with van der Waals surface area (Å²) in [5.74, 6) is -0.853. The summed E-state index contributed by atoms with van der Waals surface area (Å²) in [5.41, 5.74) is 0.250. The number of carboxylic acids is 1. The summed E-state index contributed by atoms with van der Waals surface area (Å²) in [6, 6.07) is 13.1. The molecule has 2 aromatic carbocycles. The third kappa shape index (κ3) is 5.01. The Balaban J connectivity index is 1.66. The number of ether oxygens (including phenoxy) is 1. The van der Waals surface area contributed by atoms with E-state index in [0.29, 0.717) is 25.9 Å². The Hall–Kier alpha value is -2.60. The molecule has 2 aromatic rings. The second-order valence-electron chi connectivity index (χ2n) is 8.30. The van der Waals surface area contributed by atoms with Gasteiger partial charge < -0.3 is 15.2 Å². The smallest absolute Gasteiger partial charge is 0.407 e. The lowest BCUT2D eigenvalue weighted by Gasteiger charge is -2.36. The Kier molecular flexibility index (Phi) is 5.89. The van der Waals surface area contributed by atoms with Crippen LogP contribution in [0.5, 0.6) is 0 Å². The fraction of sp³-hybridized carbons (Fsp3) is 0.455. The first kappa shape index (κ1) is 20.1. The van der Waals surface area contributed by atoms with Crippen LogP contribution in [0.1, 0.15) is 45.2 Å². The highest BCUT2D eigenvalue weighted by atomic mass is 16.6. The van der Waals surface area contributed by atoms with E-state index in [1.807, 2.05) is 68.1 Å². The minimum absolute atomic E-state index is 0.00264. The fourth-order valence-corrected chi connectivity index (χ4v) is 3.66. The molecule has 0 spiro atoms. The molecule has 0 radical (unpaired) electrons. The highest BCUT2D eigenvalue weighted by Crippen LogP contribution is 2.28. The standard InChI is InChI=1S/C22H28N2O4/c1-22(2,3)28-21(27)23-18-10-12-24(13-11-18)19(20(25)26)17-9-8-15-6-4-5-7-16(15)14-17/h4-9,14,18-19H,10-13H2,1-3H3,(H,23,27)(H,25,26). The Bertz CT molecular complexity index is 851. The number of carbonyl (C=O) groups excluding carboxylic acids is 1. The van der Waals surface area contributed by atoms with Gasteiger partial charge in [0, 0.05) is 19.1 Å². The minimum atomic E-state index is -0.853. The van der Waals surface area contributed by atoms with Crippen LogP contribution in [-0.4, -0.2) is 46.8 Å². The van der Waals surface area contributed by atoms with Gasteiger partial charge in [0.05, 0.1) is 0 Å². The van der Waals surface area contributed by atoms with Gasteiger partial charge in [-0.05, 0) is 56.0 Å². The second kappa shape index (κ2) is 8.19. The van der Waals surface area contributed by atoms with Gasteiger partial charge in [0.25, 0.3) is 0 Å². The van der Waals surface area contributed by atoms with Crippen molar-refractivity contribution in [2.24, 2.45) is 0 Å². The lowest BCUT2D eigenvalue weighted by molar-refractivity contribution is -0.144. The highest BCUT2D eigenvalue weighted by molar-refractivity contribution is 5.85. The zero-order valence-corrected chi connectivity index (χ0v) is 16.6. The number of benzene rings is 2. The van der Waals surface area contributed by atoms with Gasteiger partial charge in [-0.1, -0.05) is 36.4 Å². The molecule has 1 aliphatic heterocycles. The Morgan fingerprint density at radius 3 is 2.36 bits per heavy atom. The molecule has 150 valence electrons. The Labute approximate surface area is 165 Å². The number of amides is 1. The highest BCUT2D eigenvalue weighted by Gasteiger charge is 2.32. The van der Waals surface area contributed by atoms with E-state index in [-0.39, 0.29) is 6.04 Å². The van der Waals surface area contributed by atoms with E-state index in [9.17, 15) is 14.7 Å². The number of aliphatic carboxylic acids is 1. The SMILES string of the molecule is CC(C)(C)OC(=O)NC1CCN(C(C(=O)O)c2ccc3ccccc3c2)CC1. The van der Waals surface area contributed by atoms with Crippen molar-refractivity contribution in [2.45, 2.75) is 51.3 Å². The summed E-state index contributed by atoms with van der Waals surface area (Å²) in [6.07, 6.45) is 0.961. The molecule has 1 saturated heterocycles. The van der Waals surface area contributed by atoms with E-state index in [1.165, 1.54) is 0 Å². The zero-order valence-electron chi connectivity index (χ0n) is 16.6. The molecule has 1 aliphatic rings. The number of hydrogen-bond donors (Lipinski definition) is 2. The molecule has 1 atom stereocenters. The molecule has 0 saturated carbocycles. The van der Waals surface area contributed by atoms with Gasteiger partial charge in [0.1, 0.15) is 11.6 Å². The number of likely N-dealkylation sites (tertiary alicyclic amines) is 1. The molecule has 6 heteroatoms. The number of alkyl carbamates (subject to hydrolysis) is 1. The van der Waals surface area contributed by atoms with Crippen LogP contribution in [0.2, 0.25) is 0 Å². The van der Waals surface area contributed by atoms with Crippen LogP contribution in [0.15, 0.2) is 42.5 Å². The van der Waals surface area contributed by atoms with Crippen LogP contribution in [0.4, 0.5) is 4.79 Å². The summed E-state index contributed by atoms with van der Waals surface area (Å²) >= 11 is 0. The summed E-state index contributed by atoms with van der Waals surface area (Å²) < 4.78 is 5.31. The van der Waals surface area contributed by atoms with E-state index in [0.717, 1.165) is 16.3 Å². The normalized spacial score (nSPS) is 17.2. The largest absolute Gasteiger partial charge is 0.480 e. The first-order chi connectivity index (χ1) is 13.2. The van der Waals surface area contributed by atoms with E-state index in [2.05, 4.69) is 5.32 Å². The van der Waals surface area contributed by atoms with Crippen molar-refractivity contribution < 1.29 is 19.4 Å². The maximum Gasteiger partial charge on any atom is 0.407 e. The number of nitrogens with zero attached hydrogens (tertiary/aromatic N) is 1. The first-order valence-electron chi connectivity index (χ1n) is 9.68. The lowest BCUT2D eigenvalue weighted by Crippen LogP contribution is -2.48. The van der Waals surface area contributed by atoms with Crippen LogP contribution in [0, 0.1) is 0 Å². The maximum absolute atomic E-state index is 12.0. The van der Waals surface area contributed by atoms with Gasteiger partial charge in [0.2, 0.25) is 0 Å². The minimum Gasteiger partial charge on any atom is -0.480 e. The van der Waals surface area contributed by atoms with Crippen molar-refractivity contribution in [1.29, 1.82) is 0 Å². The average Bonchev–Trinajstić information content (AvgIpc) is 2.61. The van der Waals surface area contributed by atoms with Gasteiger partial charge in [-0.15, -0.1) is 0 Å². The van der Waals surface area contributed by atoms with Crippen LogP contribution in [-0.2, 0) is 9.53 Å². The molecule has 6 nitrogen and oxygen atoms in total. The molecule has 1 unspecified atom stereocenters. The van der Waals surface area contributed by atoms with Crippen molar-refractivity contribution in [1.82, 2.24) is 10.2 Å². The summed E-state index contributed by atoms with van der Waals surface area (Å²) in [6.45, 7) is 6.69. The molecule has 0 aliphatic carbocycles. The van der Waals surface area contributed by atoms with Crippen LogP contribution in [0.25, 0.3) is 10.8 Å². The van der Waals surface area contributed by atoms with Gasteiger partial charge in [-0.2, -0.15) is 0 Å². The number of nitrogens with one attached hydrogen (secondary N) is 1. The molecule has 0 bridgehead atoms. The number of hydrogen-bond acceptors (Lipinski definition) is 4. The van der Waals surface area contributed by atoms with Gasteiger partial charge in [-0.25, -0.2) is 4.79 Å². The van der Waals surface area contributed by atoms with E-state index in [1.54, 1.807) is 0 Å². The van der Waals surface area contributed by atoms with Gasteiger partial charge in [-0.3, -0.25) is 9.69 Å². The molecule has 1 heterocycles. The number of carbonyl (C=O) groups is 2. The Morgan fingerprint density at radius 2 is 1.75 bits per heavy atom. The topological polar surface area (TPSA) is 78.9 Å². The van der Waals surface area contributed by atoms with Crippen molar-refractivity contribution in [3.63, 3.8) is 0 Å². The predicted octanol–water partition coefficient (Wildman–Crippen LogP) is 3.95. The number of carboxylic acid groups (broad SMARTS) is 1.